The van der Waals surface area contributed by atoms with Gasteiger partial charge in [-0.25, -0.2) is 12.8 Å². The SMILES string of the molecule is Cc1ccc(S(=O)(=O)Nc2ccc(F)cc2)cc1C(=O)N(C)Cc1ccc2c(c1)OCCO2. The van der Waals surface area contributed by atoms with Crippen LogP contribution in [0.5, 0.6) is 11.5 Å². The Balaban J connectivity index is 1.54. The van der Waals surface area contributed by atoms with Crippen LogP contribution in [0.4, 0.5) is 10.1 Å². The molecule has 7 nitrogen and oxygen atoms in total. The van der Waals surface area contributed by atoms with E-state index in [1.54, 1.807) is 20.0 Å². The molecule has 9 heteroatoms. The Kier molecular flexibility index (Phi) is 6.24. The molecule has 0 saturated heterocycles. The van der Waals surface area contributed by atoms with Crippen molar-refractivity contribution in [1.82, 2.24) is 4.90 Å². The highest BCUT2D eigenvalue weighted by Gasteiger charge is 2.21. The molecule has 1 amide bonds. The van der Waals surface area contributed by atoms with E-state index in [4.69, 9.17) is 9.47 Å². The molecule has 0 aromatic heterocycles. The highest BCUT2D eigenvalue weighted by molar-refractivity contribution is 7.92. The van der Waals surface area contributed by atoms with Gasteiger partial charge in [0.05, 0.1) is 4.90 Å². The fourth-order valence-corrected chi connectivity index (χ4v) is 4.55. The molecule has 3 aromatic rings. The maximum absolute atomic E-state index is 13.1. The minimum absolute atomic E-state index is 0.0616. The van der Waals surface area contributed by atoms with Gasteiger partial charge in [0.15, 0.2) is 11.5 Å². The summed E-state index contributed by atoms with van der Waals surface area (Å²) in [4.78, 5) is 14.6. The van der Waals surface area contributed by atoms with Crippen molar-refractivity contribution >= 4 is 21.6 Å². The Labute approximate surface area is 191 Å². The number of carbonyl (C=O) groups is 1. The zero-order valence-electron chi connectivity index (χ0n) is 18.2. The van der Waals surface area contributed by atoms with Crippen LogP contribution in [0.15, 0.2) is 65.6 Å². The van der Waals surface area contributed by atoms with Crippen molar-refractivity contribution in [2.75, 3.05) is 25.0 Å². The molecule has 4 rings (SSSR count). The minimum atomic E-state index is -3.97. The number of benzene rings is 3. The Morgan fingerprint density at radius 1 is 1.00 bits per heavy atom. The fraction of sp³-hybridized carbons (Fsp3) is 0.208. The van der Waals surface area contributed by atoms with Crippen LogP contribution in [0.3, 0.4) is 0 Å². The molecule has 1 aliphatic heterocycles. The Morgan fingerprint density at radius 3 is 2.42 bits per heavy atom. The van der Waals surface area contributed by atoms with Crippen LogP contribution in [0, 0.1) is 12.7 Å². The lowest BCUT2D eigenvalue weighted by Gasteiger charge is -2.22. The molecule has 3 aromatic carbocycles. The van der Waals surface area contributed by atoms with Crippen molar-refractivity contribution in [2.45, 2.75) is 18.4 Å². The van der Waals surface area contributed by atoms with E-state index in [0.29, 0.717) is 36.8 Å². The summed E-state index contributed by atoms with van der Waals surface area (Å²) in [6.07, 6.45) is 0. The van der Waals surface area contributed by atoms with Crippen LogP contribution in [-0.4, -0.2) is 39.5 Å². The summed E-state index contributed by atoms with van der Waals surface area (Å²) in [5.41, 5.74) is 2.00. The van der Waals surface area contributed by atoms with E-state index in [0.717, 1.165) is 17.7 Å². The summed E-state index contributed by atoms with van der Waals surface area (Å²) >= 11 is 0. The summed E-state index contributed by atoms with van der Waals surface area (Å²) in [6.45, 7) is 3.02. The number of halogens is 1. The maximum Gasteiger partial charge on any atom is 0.261 e. The molecule has 0 fully saturated rings. The molecule has 0 unspecified atom stereocenters. The number of hydrogen-bond acceptors (Lipinski definition) is 5. The highest BCUT2D eigenvalue weighted by Crippen LogP contribution is 2.31. The van der Waals surface area contributed by atoms with Crippen molar-refractivity contribution in [3.8, 4) is 11.5 Å². The number of amides is 1. The molecule has 1 heterocycles. The number of fused-ring (bicyclic) bond motifs is 1. The highest BCUT2D eigenvalue weighted by atomic mass is 32.2. The van der Waals surface area contributed by atoms with Crippen molar-refractivity contribution < 1.29 is 27.1 Å². The van der Waals surface area contributed by atoms with Crippen LogP contribution in [0.1, 0.15) is 21.5 Å². The first-order valence-electron chi connectivity index (χ1n) is 10.3. The number of nitrogens with zero attached hydrogens (tertiary/aromatic N) is 1. The van der Waals surface area contributed by atoms with Crippen LogP contribution < -0.4 is 14.2 Å². The lowest BCUT2D eigenvalue weighted by Crippen LogP contribution is -2.27. The van der Waals surface area contributed by atoms with Crippen LogP contribution >= 0.6 is 0 Å². The summed E-state index contributed by atoms with van der Waals surface area (Å²) in [5.74, 6) is 0.514. The molecule has 1 aliphatic rings. The van der Waals surface area contributed by atoms with Gasteiger partial charge in [-0.3, -0.25) is 9.52 Å². The molecule has 0 bridgehead atoms. The Morgan fingerprint density at radius 2 is 1.70 bits per heavy atom. The largest absolute Gasteiger partial charge is 0.486 e. The van der Waals surface area contributed by atoms with Crippen LogP contribution in [0.2, 0.25) is 0 Å². The molecule has 0 atom stereocenters. The monoisotopic (exact) mass is 470 g/mol. The van der Waals surface area contributed by atoms with E-state index in [9.17, 15) is 17.6 Å². The van der Waals surface area contributed by atoms with Gasteiger partial charge >= 0.3 is 0 Å². The first-order valence-corrected chi connectivity index (χ1v) is 11.7. The van der Waals surface area contributed by atoms with Gasteiger partial charge in [0.1, 0.15) is 19.0 Å². The number of ether oxygens (including phenoxy) is 2. The molecule has 33 heavy (non-hydrogen) atoms. The molecular formula is C24H23FN2O5S. The quantitative estimate of drug-likeness (QED) is 0.589. The molecule has 0 aliphatic carbocycles. The summed E-state index contributed by atoms with van der Waals surface area (Å²) in [7, 11) is -2.32. The van der Waals surface area contributed by atoms with Crippen molar-refractivity contribution in [2.24, 2.45) is 0 Å². The van der Waals surface area contributed by atoms with Crippen LogP contribution in [-0.2, 0) is 16.6 Å². The summed E-state index contributed by atoms with van der Waals surface area (Å²) in [5, 5.41) is 0. The van der Waals surface area contributed by atoms with Gasteiger partial charge in [-0.15, -0.1) is 0 Å². The van der Waals surface area contributed by atoms with E-state index in [1.165, 1.54) is 29.2 Å². The number of hydrogen-bond donors (Lipinski definition) is 1. The molecular weight excluding hydrogens is 447 g/mol. The van der Waals surface area contributed by atoms with Crippen molar-refractivity contribution in [3.05, 3.63) is 83.2 Å². The van der Waals surface area contributed by atoms with Gasteiger partial charge in [0.25, 0.3) is 15.9 Å². The number of rotatable bonds is 6. The second-order valence-electron chi connectivity index (χ2n) is 7.73. The van der Waals surface area contributed by atoms with Crippen molar-refractivity contribution in [3.63, 3.8) is 0 Å². The number of nitrogens with one attached hydrogen (secondary N) is 1. The normalized spacial score (nSPS) is 12.8. The van der Waals surface area contributed by atoms with Gasteiger partial charge in [-0.05, 0) is 66.6 Å². The zero-order chi connectivity index (χ0) is 23.6. The lowest BCUT2D eigenvalue weighted by molar-refractivity contribution is 0.0783. The van der Waals surface area contributed by atoms with Gasteiger partial charge in [0, 0.05) is 24.8 Å². The smallest absolute Gasteiger partial charge is 0.261 e. The third-order valence-electron chi connectivity index (χ3n) is 5.22. The van der Waals surface area contributed by atoms with Gasteiger partial charge in [-0.2, -0.15) is 0 Å². The average Bonchev–Trinajstić information content (AvgIpc) is 2.80. The average molecular weight is 471 g/mol. The van der Waals surface area contributed by atoms with Crippen molar-refractivity contribution in [1.29, 1.82) is 0 Å². The van der Waals surface area contributed by atoms with Gasteiger partial charge in [-0.1, -0.05) is 12.1 Å². The number of aryl methyl sites for hydroxylation is 1. The molecule has 0 spiro atoms. The van der Waals surface area contributed by atoms with E-state index < -0.39 is 15.8 Å². The third-order valence-corrected chi connectivity index (χ3v) is 6.60. The van der Waals surface area contributed by atoms with Gasteiger partial charge < -0.3 is 14.4 Å². The standard InChI is InChI=1S/C24H23FN2O5S/c1-16-3-9-20(33(29,30)26-19-7-5-18(25)6-8-19)14-21(16)24(28)27(2)15-17-4-10-22-23(13-17)32-12-11-31-22/h3-10,13-14,26H,11-12,15H2,1-2H3. The van der Waals surface area contributed by atoms with E-state index in [-0.39, 0.29) is 22.1 Å². The number of anilines is 1. The Bertz CT molecular complexity index is 1290. The zero-order valence-corrected chi connectivity index (χ0v) is 19.0. The second-order valence-corrected chi connectivity index (χ2v) is 9.41. The Hall–Kier alpha value is -3.59. The molecule has 0 saturated carbocycles. The fourth-order valence-electron chi connectivity index (χ4n) is 3.47. The predicted molar refractivity (Wildman–Crippen MR) is 122 cm³/mol. The van der Waals surface area contributed by atoms with E-state index >= 15 is 0 Å². The summed E-state index contributed by atoms with van der Waals surface area (Å²) in [6, 6.07) is 14.8. The van der Waals surface area contributed by atoms with E-state index in [2.05, 4.69) is 4.72 Å². The number of carbonyl (C=O) groups excluding carboxylic acids is 1. The lowest BCUT2D eigenvalue weighted by atomic mass is 10.1. The first kappa shape index (κ1) is 22.6. The predicted octanol–water partition coefficient (Wildman–Crippen LogP) is 3.98. The summed E-state index contributed by atoms with van der Waals surface area (Å²) < 4.78 is 52.3. The second kappa shape index (κ2) is 9.11. The van der Waals surface area contributed by atoms with Crippen LogP contribution in [0.25, 0.3) is 0 Å². The molecule has 172 valence electrons. The topological polar surface area (TPSA) is 84.9 Å². The molecule has 0 radical (unpaired) electrons. The minimum Gasteiger partial charge on any atom is -0.486 e. The number of sulfonamides is 1. The maximum atomic E-state index is 13.1. The van der Waals surface area contributed by atoms with Gasteiger partial charge in [0.2, 0.25) is 0 Å². The molecule has 1 N–H and O–H groups in total. The van der Waals surface area contributed by atoms with E-state index in [1.807, 2.05) is 18.2 Å². The third kappa shape index (κ3) is 5.09. The first-order chi connectivity index (χ1) is 15.7.